The molecule has 94 valence electrons. The molecule has 1 heterocycles. The van der Waals surface area contributed by atoms with E-state index >= 15 is 0 Å². The van der Waals surface area contributed by atoms with E-state index in [-0.39, 0.29) is 0 Å². The number of likely N-dealkylation sites (tertiary alicyclic amines) is 1. The van der Waals surface area contributed by atoms with Gasteiger partial charge in [0, 0.05) is 6.04 Å². The van der Waals surface area contributed by atoms with Crippen LogP contribution >= 0.6 is 0 Å². The topological polar surface area (TPSA) is 15.3 Å². The first kappa shape index (κ1) is 12.4. The number of piperidine rings is 1. The fourth-order valence-electron chi connectivity index (χ4n) is 3.03. The Bertz CT molecular complexity index is 215. The third kappa shape index (κ3) is 2.78. The van der Waals surface area contributed by atoms with E-state index < -0.39 is 0 Å². The lowest BCUT2D eigenvalue weighted by Gasteiger charge is -2.39. The first-order valence-electron chi connectivity index (χ1n) is 7.04. The highest BCUT2D eigenvalue weighted by atomic mass is 15.2. The minimum Gasteiger partial charge on any atom is -0.320 e. The molecule has 16 heavy (non-hydrogen) atoms. The highest BCUT2D eigenvalue weighted by Crippen LogP contribution is 2.50. The van der Waals surface area contributed by atoms with Crippen LogP contribution < -0.4 is 5.32 Å². The summed E-state index contributed by atoms with van der Waals surface area (Å²) < 4.78 is 0. The fourth-order valence-corrected chi connectivity index (χ4v) is 3.03. The van der Waals surface area contributed by atoms with Crippen molar-refractivity contribution in [1.29, 1.82) is 0 Å². The van der Waals surface area contributed by atoms with Gasteiger partial charge in [-0.3, -0.25) is 0 Å². The maximum atomic E-state index is 3.27. The zero-order valence-electron chi connectivity index (χ0n) is 11.3. The number of nitrogens with zero attached hydrogens (tertiary/aromatic N) is 1. The zero-order chi connectivity index (χ0) is 11.6. The van der Waals surface area contributed by atoms with E-state index in [0.29, 0.717) is 5.41 Å². The van der Waals surface area contributed by atoms with Crippen LogP contribution in [0.5, 0.6) is 0 Å². The molecule has 1 aliphatic carbocycles. The van der Waals surface area contributed by atoms with Crippen molar-refractivity contribution in [1.82, 2.24) is 10.2 Å². The van der Waals surface area contributed by atoms with Gasteiger partial charge in [-0.25, -0.2) is 0 Å². The molecule has 2 nitrogen and oxygen atoms in total. The second-order valence-electron chi connectivity index (χ2n) is 6.20. The van der Waals surface area contributed by atoms with Crippen molar-refractivity contribution in [2.45, 2.75) is 52.0 Å². The molecule has 1 N–H and O–H groups in total. The Labute approximate surface area is 101 Å². The third-order valence-corrected chi connectivity index (χ3v) is 5.05. The summed E-state index contributed by atoms with van der Waals surface area (Å²) in [7, 11) is 2.06. The minimum atomic E-state index is 0.664. The molecule has 1 saturated heterocycles. The summed E-state index contributed by atoms with van der Waals surface area (Å²) in [6, 6.07) is 0.817. The molecule has 0 spiro atoms. The van der Waals surface area contributed by atoms with E-state index in [2.05, 4.69) is 31.1 Å². The van der Waals surface area contributed by atoms with Crippen LogP contribution in [0.25, 0.3) is 0 Å². The summed E-state index contributed by atoms with van der Waals surface area (Å²) in [5.41, 5.74) is 0.664. The van der Waals surface area contributed by atoms with Crippen molar-refractivity contribution >= 4 is 0 Å². The summed E-state index contributed by atoms with van der Waals surface area (Å²) >= 11 is 0. The maximum absolute atomic E-state index is 3.27. The highest BCUT2D eigenvalue weighted by Gasteiger charge is 2.45. The van der Waals surface area contributed by atoms with E-state index in [9.17, 15) is 0 Å². The Morgan fingerprint density at radius 2 is 1.94 bits per heavy atom. The fraction of sp³-hybridized carbons (Fsp3) is 1.00. The molecule has 1 unspecified atom stereocenters. The lowest BCUT2D eigenvalue weighted by atomic mass is 9.90. The number of rotatable bonds is 5. The Morgan fingerprint density at radius 3 is 2.44 bits per heavy atom. The van der Waals surface area contributed by atoms with E-state index in [0.717, 1.165) is 12.0 Å². The van der Waals surface area contributed by atoms with Crippen molar-refractivity contribution in [3.8, 4) is 0 Å². The standard InChI is InChI=1S/C14H28N2/c1-12(14(2)7-8-14)16-10-5-13(6-11-16)4-9-15-3/h12-13,15H,4-11H2,1-3H3. The summed E-state index contributed by atoms with van der Waals surface area (Å²) in [4.78, 5) is 2.74. The summed E-state index contributed by atoms with van der Waals surface area (Å²) in [5.74, 6) is 0.975. The average Bonchev–Trinajstić information content (AvgIpc) is 3.06. The molecule has 0 radical (unpaired) electrons. The molecule has 0 aromatic rings. The van der Waals surface area contributed by atoms with E-state index in [1.807, 2.05) is 0 Å². The molecule has 1 aliphatic heterocycles. The first-order valence-corrected chi connectivity index (χ1v) is 7.04. The van der Waals surface area contributed by atoms with E-state index in [4.69, 9.17) is 0 Å². The Hall–Kier alpha value is -0.0800. The highest BCUT2D eigenvalue weighted by molar-refractivity contribution is 4.98. The van der Waals surface area contributed by atoms with Crippen LogP contribution in [0.3, 0.4) is 0 Å². The van der Waals surface area contributed by atoms with Gasteiger partial charge in [0.25, 0.3) is 0 Å². The van der Waals surface area contributed by atoms with Crippen LogP contribution in [0, 0.1) is 11.3 Å². The van der Waals surface area contributed by atoms with Crippen molar-refractivity contribution in [2.75, 3.05) is 26.7 Å². The van der Waals surface area contributed by atoms with Crippen LogP contribution in [-0.4, -0.2) is 37.6 Å². The van der Waals surface area contributed by atoms with Gasteiger partial charge in [-0.1, -0.05) is 6.92 Å². The van der Waals surface area contributed by atoms with Crippen LogP contribution in [0.15, 0.2) is 0 Å². The van der Waals surface area contributed by atoms with Crippen molar-refractivity contribution < 1.29 is 0 Å². The SMILES string of the molecule is CNCCC1CCN(C(C)C2(C)CC2)CC1. The lowest BCUT2D eigenvalue weighted by Crippen LogP contribution is -2.44. The molecule has 0 amide bonds. The van der Waals surface area contributed by atoms with Gasteiger partial charge >= 0.3 is 0 Å². The second kappa shape index (κ2) is 5.05. The van der Waals surface area contributed by atoms with Gasteiger partial charge in [0.05, 0.1) is 0 Å². The van der Waals surface area contributed by atoms with Crippen molar-refractivity contribution in [2.24, 2.45) is 11.3 Å². The normalized spacial score (nSPS) is 27.9. The summed E-state index contributed by atoms with van der Waals surface area (Å²) in [6.45, 7) is 8.78. The molecule has 2 fully saturated rings. The largest absolute Gasteiger partial charge is 0.320 e. The predicted molar refractivity (Wildman–Crippen MR) is 69.6 cm³/mol. The van der Waals surface area contributed by atoms with Gasteiger partial charge in [-0.15, -0.1) is 0 Å². The third-order valence-electron chi connectivity index (χ3n) is 5.05. The van der Waals surface area contributed by atoms with E-state index in [1.54, 1.807) is 0 Å². The van der Waals surface area contributed by atoms with Crippen LogP contribution in [0.4, 0.5) is 0 Å². The second-order valence-corrected chi connectivity index (χ2v) is 6.20. The number of hydrogen-bond acceptors (Lipinski definition) is 2. The molecule has 2 rings (SSSR count). The molecule has 2 aliphatic rings. The average molecular weight is 224 g/mol. The zero-order valence-corrected chi connectivity index (χ0v) is 11.3. The van der Waals surface area contributed by atoms with E-state index in [1.165, 1.54) is 51.7 Å². The quantitative estimate of drug-likeness (QED) is 0.772. The van der Waals surface area contributed by atoms with Gasteiger partial charge in [-0.2, -0.15) is 0 Å². The lowest BCUT2D eigenvalue weighted by molar-refractivity contribution is 0.0991. The molecule has 0 bridgehead atoms. The van der Waals surface area contributed by atoms with Crippen LogP contribution in [0.2, 0.25) is 0 Å². The Balaban J connectivity index is 1.72. The van der Waals surface area contributed by atoms with Gasteiger partial charge in [0.2, 0.25) is 0 Å². The van der Waals surface area contributed by atoms with Gasteiger partial charge in [0.1, 0.15) is 0 Å². The molecule has 1 saturated carbocycles. The van der Waals surface area contributed by atoms with Crippen molar-refractivity contribution in [3.05, 3.63) is 0 Å². The Kier molecular flexibility index (Phi) is 3.91. The monoisotopic (exact) mass is 224 g/mol. The smallest absolute Gasteiger partial charge is 0.0121 e. The van der Waals surface area contributed by atoms with Gasteiger partial charge in [0.15, 0.2) is 0 Å². The molecule has 0 aromatic carbocycles. The number of hydrogen-bond donors (Lipinski definition) is 1. The maximum Gasteiger partial charge on any atom is 0.0121 e. The minimum absolute atomic E-state index is 0.664. The van der Waals surface area contributed by atoms with Crippen molar-refractivity contribution in [3.63, 3.8) is 0 Å². The predicted octanol–water partition coefficient (Wildman–Crippen LogP) is 2.50. The summed E-state index contributed by atoms with van der Waals surface area (Å²) in [6.07, 6.45) is 7.11. The molecular weight excluding hydrogens is 196 g/mol. The Morgan fingerprint density at radius 1 is 1.31 bits per heavy atom. The van der Waals surface area contributed by atoms with Crippen LogP contribution in [-0.2, 0) is 0 Å². The molecule has 0 aromatic heterocycles. The number of nitrogens with one attached hydrogen (secondary N) is 1. The molecule has 1 atom stereocenters. The van der Waals surface area contributed by atoms with Crippen LogP contribution in [0.1, 0.15) is 46.0 Å². The van der Waals surface area contributed by atoms with Gasteiger partial charge in [-0.05, 0) is 77.0 Å². The van der Waals surface area contributed by atoms with Gasteiger partial charge < -0.3 is 10.2 Å². The first-order chi connectivity index (χ1) is 7.65. The molecular formula is C14H28N2. The molecule has 2 heteroatoms. The summed E-state index contributed by atoms with van der Waals surface area (Å²) in [5, 5.41) is 3.27.